The Kier molecular flexibility index (Phi) is 8.28. The largest absolute Gasteiger partial charge is 0.612 e. The van der Waals surface area contributed by atoms with Crippen molar-refractivity contribution in [3.63, 3.8) is 0 Å². The molecule has 0 fully saturated rings. The molecule has 202 valence electrons. The summed E-state index contributed by atoms with van der Waals surface area (Å²) in [5, 5.41) is 0. The Hall–Kier alpha value is -3.48. The van der Waals surface area contributed by atoms with E-state index in [1.165, 1.54) is 12.1 Å². The molecule has 3 aromatic rings. The zero-order chi connectivity index (χ0) is 28.5. The molecule has 1 atom stereocenters. The monoisotopic (exact) mass is 544 g/mol. The van der Waals surface area contributed by atoms with Crippen LogP contribution in [0.5, 0.6) is 5.75 Å². The molecule has 0 N–H and O–H groups in total. The number of esters is 1. The molecule has 3 aromatic carbocycles. The fraction of sp³-hybridized carbons (Fsp3) is 0.273. The van der Waals surface area contributed by atoms with Crippen LogP contribution in [-0.2, 0) is 26.2 Å². The molecular weight excluding hydrogens is 511 g/mol. The Morgan fingerprint density at radius 2 is 1.72 bits per heavy atom. The van der Waals surface area contributed by atoms with Gasteiger partial charge in [-0.3, -0.25) is 4.79 Å². The maximum absolute atomic E-state index is 14.4. The Labute approximate surface area is 232 Å². The molecule has 6 heteroatoms. The lowest BCUT2D eigenvalue weighted by molar-refractivity contribution is -0.133. The first-order valence-electron chi connectivity index (χ1n) is 12.8. The van der Waals surface area contributed by atoms with Crippen LogP contribution >= 0.6 is 0 Å². The van der Waals surface area contributed by atoms with Crippen molar-refractivity contribution in [2.45, 2.75) is 57.8 Å². The highest BCUT2D eigenvalue weighted by Crippen LogP contribution is 2.44. The molecule has 0 aromatic heterocycles. The molecule has 4 nitrogen and oxygen atoms in total. The second kappa shape index (κ2) is 11.3. The van der Waals surface area contributed by atoms with E-state index in [1.807, 2.05) is 77.1 Å². The summed E-state index contributed by atoms with van der Waals surface area (Å²) in [4.78, 5) is 25.5. The number of benzene rings is 3. The van der Waals surface area contributed by atoms with E-state index in [1.54, 1.807) is 12.3 Å². The van der Waals surface area contributed by atoms with Crippen molar-refractivity contribution in [2.24, 2.45) is 0 Å². The summed E-state index contributed by atoms with van der Waals surface area (Å²) in [5.41, 5.74) is 7.14. The Bertz CT molecular complexity index is 1500. The van der Waals surface area contributed by atoms with Crippen molar-refractivity contribution in [3.8, 4) is 5.75 Å². The minimum Gasteiger partial charge on any atom is -0.612 e. The smallest absolute Gasteiger partial charge is 0.315 e. The third kappa shape index (κ3) is 6.07. The zero-order valence-electron chi connectivity index (χ0n) is 23.2. The summed E-state index contributed by atoms with van der Waals surface area (Å²) >= 11 is -1.07. The number of rotatable bonds is 8. The van der Waals surface area contributed by atoms with E-state index < -0.39 is 22.6 Å². The van der Waals surface area contributed by atoms with E-state index in [-0.39, 0.29) is 12.2 Å². The van der Waals surface area contributed by atoms with Gasteiger partial charge in [-0.1, -0.05) is 26.0 Å². The number of ether oxygens (including phenoxy) is 1. The van der Waals surface area contributed by atoms with Gasteiger partial charge in [-0.25, -0.2) is 4.39 Å². The molecule has 0 aliphatic heterocycles. The van der Waals surface area contributed by atoms with Crippen molar-refractivity contribution in [3.05, 3.63) is 99.4 Å². The Morgan fingerprint density at radius 1 is 1.03 bits per heavy atom. The average molecular weight is 545 g/mol. The maximum atomic E-state index is 14.4. The van der Waals surface area contributed by atoms with Gasteiger partial charge in [-0.15, -0.1) is 0 Å². The van der Waals surface area contributed by atoms with E-state index in [2.05, 4.69) is 0 Å². The van der Waals surface area contributed by atoms with Crippen LogP contribution < -0.4 is 4.74 Å². The maximum Gasteiger partial charge on any atom is 0.315 e. The van der Waals surface area contributed by atoms with Crippen LogP contribution in [-0.4, -0.2) is 23.1 Å². The average Bonchev–Trinajstić information content (AvgIpc) is 3.08. The van der Waals surface area contributed by atoms with E-state index in [0.29, 0.717) is 23.3 Å². The van der Waals surface area contributed by atoms with Crippen molar-refractivity contribution in [1.29, 1.82) is 0 Å². The summed E-state index contributed by atoms with van der Waals surface area (Å²) in [5.74, 6) is -0.386. The Balaban J connectivity index is 1.70. The predicted octanol–water partition coefficient (Wildman–Crippen LogP) is 7.37. The second-order valence-electron chi connectivity index (χ2n) is 10.7. The Morgan fingerprint density at radius 3 is 2.36 bits per heavy atom. The fourth-order valence-corrected chi connectivity index (χ4v) is 5.91. The molecule has 0 saturated heterocycles. The fourth-order valence-electron chi connectivity index (χ4n) is 5.39. The summed E-state index contributed by atoms with van der Waals surface area (Å²) in [6.07, 6.45) is 4.77. The number of carbonyl (C=O) groups is 2. The first-order valence-corrected chi connectivity index (χ1v) is 14.4. The van der Waals surface area contributed by atoms with Gasteiger partial charge in [0.05, 0.1) is 6.42 Å². The quantitative estimate of drug-likeness (QED) is 0.129. The first-order chi connectivity index (χ1) is 18.4. The van der Waals surface area contributed by atoms with Gasteiger partial charge < -0.3 is 14.1 Å². The lowest BCUT2D eigenvalue weighted by Crippen LogP contribution is -2.22. The molecule has 0 amide bonds. The molecule has 4 rings (SSSR count). The van der Waals surface area contributed by atoms with Gasteiger partial charge in [0.1, 0.15) is 24.1 Å². The molecule has 0 saturated carbocycles. The van der Waals surface area contributed by atoms with Crippen LogP contribution in [0.3, 0.4) is 0 Å². The van der Waals surface area contributed by atoms with Crippen LogP contribution in [0.1, 0.15) is 67.0 Å². The van der Waals surface area contributed by atoms with Crippen LogP contribution in [0.15, 0.2) is 65.1 Å². The number of fused-ring (bicyclic) bond motifs is 1. The zero-order valence-corrected chi connectivity index (χ0v) is 24.0. The normalized spacial score (nSPS) is 14.9. The molecule has 1 aliphatic carbocycles. The lowest BCUT2D eigenvalue weighted by atomic mass is 9.78. The summed E-state index contributed by atoms with van der Waals surface area (Å²) in [7, 11) is 0. The SMILES string of the molecule is CC1=C(CC(=O)Oc2cc(C)cc(C)c2C(C)(C)CC=O)c2cc(F)ccc2/C1=C\c1ccc([S+](C)[O-])cc1. The van der Waals surface area contributed by atoms with Gasteiger partial charge in [0, 0.05) is 17.4 Å². The van der Waals surface area contributed by atoms with Gasteiger partial charge >= 0.3 is 5.97 Å². The third-order valence-corrected chi connectivity index (χ3v) is 8.17. The minimum absolute atomic E-state index is 0.0338. The number of hydrogen-bond acceptors (Lipinski definition) is 4. The highest BCUT2D eigenvalue weighted by Gasteiger charge is 2.30. The number of carbonyl (C=O) groups excluding carboxylic acids is 2. The standard InChI is InChI=1S/C33H33FO4S/c1-20-15-21(2)32(33(4,5)13-14-35)30(16-20)38-31(36)19-28-22(3)27(26-12-9-24(34)18-29(26)28)17-23-7-10-25(11-8-23)39(6)37/h7-12,14-18H,13,19H2,1-6H3/b27-17-. The van der Waals surface area contributed by atoms with E-state index in [0.717, 1.165) is 50.1 Å². The molecule has 39 heavy (non-hydrogen) atoms. The van der Waals surface area contributed by atoms with Gasteiger partial charge in [0.25, 0.3) is 0 Å². The van der Waals surface area contributed by atoms with Crippen LogP contribution in [0.4, 0.5) is 4.39 Å². The summed E-state index contributed by atoms with van der Waals surface area (Å²) in [6.45, 7) is 9.74. The number of allylic oxidation sites excluding steroid dienone is 2. The van der Waals surface area contributed by atoms with Gasteiger partial charge in [-0.05, 0) is 125 Å². The van der Waals surface area contributed by atoms with Crippen molar-refractivity contribution in [1.82, 2.24) is 0 Å². The second-order valence-corrected chi connectivity index (χ2v) is 12.1. The molecule has 1 unspecified atom stereocenters. The summed E-state index contributed by atoms with van der Waals surface area (Å²) in [6, 6.07) is 15.9. The number of hydrogen-bond donors (Lipinski definition) is 0. The summed E-state index contributed by atoms with van der Waals surface area (Å²) < 4.78 is 32.1. The highest BCUT2D eigenvalue weighted by molar-refractivity contribution is 7.90. The topological polar surface area (TPSA) is 66.4 Å². The first kappa shape index (κ1) is 28.5. The highest BCUT2D eigenvalue weighted by atomic mass is 32.2. The number of aryl methyl sites for hydroxylation is 2. The molecule has 0 spiro atoms. The van der Waals surface area contributed by atoms with Crippen molar-refractivity contribution < 1.29 is 23.3 Å². The van der Waals surface area contributed by atoms with Crippen molar-refractivity contribution >= 4 is 40.7 Å². The van der Waals surface area contributed by atoms with Crippen molar-refractivity contribution in [2.75, 3.05) is 6.26 Å². The molecule has 0 heterocycles. The minimum atomic E-state index is -1.07. The lowest BCUT2D eigenvalue weighted by Gasteiger charge is -2.27. The van der Waals surface area contributed by atoms with E-state index in [9.17, 15) is 18.5 Å². The predicted molar refractivity (Wildman–Crippen MR) is 156 cm³/mol. The molecule has 0 radical (unpaired) electrons. The number of aldehydes is 1. The molecule has 0 bridgehead atoms. The van der Waals surface area contributed by atoms with Gasteiger partial charge in [0.2, 0.25) is 0 Å². The van der Waals surface area contributed by atoms with E-state index in [4.69, 9.17) is 4.74 Å². The van der Waals surface area contributed by atoms with Crippen LogP contribution in [0.25, 0.3) is 17.2 Å². The number of halogens is 1. The van der Waals surface area contributed by atoms with Gasteiger partial charge in [0.15, 0.2) is 4.90 Å². The van der Waals surface area contributed by atoms with Gasteiger partial charge in [-0.2, -0.15) is 0 Å². The van der Waals surface area contributed by atoms with Crippen LogP contribution in [0, 0.1) is 19.7 Å². The third-order valence-electron chi connectivity index (χ3n) is 7.24. The molecular formula is C33H33FO4S. The molecule has 1 aliphatic rings. The van der Waals surface area contributed by atoms with Crippen LogP contribution in [0.2, 0.25) is 0 Å². The van der Waals surface area contributed by atoms with E-state index >= 15 is 0 Å².